The molecule has 0 unspecified atom stereocenters. The van der Waals surface area contributed by atoms with Crippen LogP contribution in [0.1, 0.15) is 28.7 Å². The number of methoxy groups -OCH3 is 2. The second kappa shape index (κ2) is 10.3. The number of amides is 2. The van der Waals surface area contributed by atoms with E-state index < -0.39 is 6.04 Å². The van der Waals surface area contributed by atoms with Crippen LogP contribution in [-0.2, 0) is 22.7 Å². The van der Waals surface area contributed by atoms with Gasteiger partial charge in [-0.2, -0.15) is 0 Å². The van der Waals surface area contributed by atoms with Gasteiger partial charge in [-0.1, -0.05) is 18.2 Å². The molecule has 1 aliphatic rings. The van der Waals surface area contributed by atoms with E-state index in [1.807, 2.05) is 43.3 Å². The monoisotopic (exact) mass is 425 g/mol. The standard InChI is InChI=1S/C24H31N3O4/c1-16-17(2)22(31-4)9-8-19(16)15-27-11-10-25-24(29)21(27)13-23(28)26-14-18-6-5-7-20(12-18)30-3/h5-9,12,21H,10-11,13-15H2,1-4H3,(H,25,29)(H,26,28)/t21-/m0/s1. The topological polar surface area (TPSA) is 79.9 Å². The van der Waals surface area contributed by atoms with Gasteiger partial charge in [-0.05, 0) is 54.3 Å². The van der Waals surface area contributed by atoms with E-state index in [4.69, 9.17) is 9.47 Å². The molecule has 0 saturated carbocycles. The first-order chi connectivity index (χ1) is 14.9. The Hall–Kier alpha value is -3.06. The number of benzene rings is 2. The fourth-order valence-corrected chi connectivity index (χ4v) is 3.87. The van der Waals surface area contributed by atoms with Crippen molar-refractivity contribution in [2.75, 3.05) is 27.3 Å². The van der Waals surface area contributed by atoms with E-state index >= 15 is 0 Å². The number of carbonyl (C=O) groups excluding carboxylic acids is 2. The Labute approximate surface area is 183 Å². The van der Waals surface area contributed by atoms with Gasteiger partial charge < -0.3 is 20.1 Å². The van der Waals surface area contributed by atoms with Crippen LogP contribution < -0.4 is 20.1 Å². The zero-order chi connectivity index (χ0) is 22.4. The van der Waals surface area contributed by atoms with Crippen molar-refractivity contribution in [3.63, 3.8) is 0 Å². The molecule has 0 radical (unpaired) electrons. The lowest BCUT2D eigenvalue weighted by atomic mass is 10.00. The SMILES string of the molecule is COc1cccc(CNC(=O)C[C@H]2C(=O)NCCN2Cc2ccc(OC)c(C)c2C)c1. The summed E-state index contributed by atoms with van der Waals surface area (Å²) in [7, 11) is 3.27. The van der Waals surface area contributed by atoms with Crippen molar-refractivity contribution in [2.24, 2.45) is 0 Å². The Kier molecular flexibility index (Phi) is 7.52. The summed E-state index contributed by atoms with van der Waals surface area (Å²) in [5, 5.41) is 5.81. The number of piperazine rings is 1. The molecule has 1 aliphatic heterocycles. The van der Waals surface area contributed by atoms with Crippen LogP contribution >= 0.6 is 0 Å². The van der Waals surface area contributed by atoms with E-state index in [2.05, 4.69) is 22.5 Å². The minimum atomic E-state index is -0.499. The molecule has 3 rings (SSSR count). The molecule has 7 nitrogen and oxygen atoms in total. The predicted molar refractivity (Wildman–Crippen MR) is 119 cm³/mol. The van der Waals surface area contributed by atoms with Gasteiger partial charge in [-0.3, -0.25) is 14.5 Å². The van der Waals surface area contributed by atoms with Crippen molar-refractivity contribution in [3.8, 4) is 11.5 Å². The summed E-state index contributed by atoms with van der Waals surface area (Å²) in [6.07, 6.45) is 0.115. The third-order valence-corrected chi connectivity index (χ3v) is 5.89. The quantitative estimate of drug-likeness (QED) is 0.679. The normalized spacial score (nSPS) is 16.5. The Morgan fingerprint density at radius 2 is 1.97 bits per heavy atom. The fourth-order valence-electron chi connectivity index (χ4n) is 3.87. The second-order valence-corrected chi connectivity index (χ2v) is 7.79. The van der Waals surface area contributed by atoms with Crippen molar-refractivity contribution < 1.29 is 19.1 Å². The van der Waals surface area contributed by atoms with Crippen LogP contribution in [0.3, 0.4) is 0 Å². The molecule has 0 bridgehead atoms. The summed E-state index contributed by atoms with van der Waals surface area (Å²) in [5.41, 5.74) is 4.32. The van der Waals surface area contributed by atoms with E-state index in [-0.39, 0.29) is 18.2 Å². The maximum Gasteiger partial charge on any atom is 0.237 e. The van der Waals surface area contributed by atoms with Gasteiger partial charge in [-0.15, -0.1) is 0 Å². The van der Waals surface area contributed by atoms with Gasteiger partial charge in [-0.25, -0.2) is 0 Å². The molecular formula is C24H31N3O4. The number of carbonyl (C=O) groups is 2. The fraction of sp³-hybridized carbons (Fsp3) is 0.417. The van der Waals surface area contributed by atoms with Gasteiger partial charge in [0.25, 0.3) is 0 Å². The molecule has 1 saturated heterocycles. The largest absolute Gasteiger partial charge is 0.497 e. The average Bonchev–Trinajstić information content (AvgIpc) is 2.78. The van der Waals surface area contributed by atoms with Crippen LogP contribution in [0.5, 0.6) is 11.5 Å². The van der Waals surface area contributed by atoms with E-state index in [0.29, 0.717) is 26.2 Å². The first-order valence-electron chi connectivity index (χ1n) is 10.5. The molecule has 7 heteroatoms. The molecular weight excluding hydrogens is 394 g/mol. The predicted octanol–water partition coefficient (Wildman–Crippen LogP) is 2.33. The molecule has 0 spiro atoms. The summed E-state index contributed by atoms with van der Waals surface area (Å²) in [6, 6.07) is 11.0. The molecule has 1 atom stereocenters. The Morgan fingerprint density at radius 1 is 1.16 bits per heavy atom. The van der Waals surface area contributed by atoms with E-state index in [1.54, 1.807) is 14.2 Å². The number of ether oxygens (including phenoxy) is 2. The smallest absolute Gasteiger partial charge is 0.237 e. The summed E-state index contributed by atoms with van der Waals surface area (Å²) in [4.78, 5) is 27.3. The lowest BCUT2D eigenvalue weighted by molar-refractivity contribution is -0.134. The molecule has 0 aliphatic carbocycles. The number of nitrogens with one attached hydrogen (secondary N) is 2. The zero-order valence-electron chi connectivity index (χ0n) is 18.7. The summed E-state index contributed by atoms with van der Waals surface area (Å²) in [5.74, 6) is 1.34. The van der Waals surface area contributed by atoms with Crippen LogP contribution in [0.15, 0.2) is 36.4 Å². The van der Waals surface area contributed by atoms with E-state index in [1.165, 1.54) is 0 Å². The van der Waals surface area contributed by atoms with Crippen LogP contribution in [0, 0.1) is 13.8 Å². The van der Waals surface area contributed by atoms with Gasteiger partial charge >= 0.3 is 0 Å². The van der Waals surface area contributed by atoms with Gasteiger partial charge in [0, 0.05) is 26.2 Å². The minimum absolute atomic E-state index is 0.106. The highest BCUT2D eigenvalue weighted by Gasteiger charge is 2.31. The maximum atomic E-state index is 12.6. The Morgan fingerprint density at radius 3 is 2.71 bits per heavy atom. The Balaban J connectivity index is 1.66. The molecule has 0 aromatic heterocycles. The molecule has 2 aromatic rings. The molecule has 2 aromatic carbocycles. The molecule has 1 fully saturated rings. The number of hydrogen-bond donors (Lipinski definition) is 2. The van der Waals surface area contributed by atoms with Gasteiger partial charge in [0.1, 0.15) is 11.5 Å². The third-order valence-electron chi connectivity index (χ3n) is 5.89. The second-order valence-electron chi connectivity index (χ2n) is 7.79. The van der Waals surface area contributed by atoms with Gasteiger partial charge in [0.05, 0.1) is 26.7 Å². The van der Waals surface area contributed by atoms with Crippen LogP contribution in [0.4, 0.5) is 0 Å². The first-order valence-corrected chi connectivity index (χ1v) is 10.5. The van der Waals surface area contributed by atoms with E-state index in [9.17, 15) is 9.59 Å². The van der Waals surface area contributed by atoms with Crippen molar-refractivity contribution in [2.45, 2.75) is 39.4 Å². The van der Waals surface area contributed by atoms with Crippen molar-refractivity contribution in [3.05, 3.63) is 58.7 Å². The van der Waals surface area contributed by atoms with Crippen molar-refractivity contribution in [1.29, 1.82) is 0 Å². The lowest BCUT2D eigenvalue weighted by Gasteiger charge is -2.35. The highest BCUT2D eigenvalue weighted by atomic mass is 16.5. The summed E-state index contributed by atoms with van der Waals surface area (Å²) >= 11 is 0. The number of rotatable bonds is 8. The number of nitrogens with zero attached hydrogens (tertiary/aromatic N) is 1. The molecule has 31 heavy (non-hydrogen) atoms. The third kappa shape index (κ3) is 5.55. The Bertz CT molecular complexity index is 944. The van der Waals surface area contributed by atoms with Gasteiger partial charge in [0.15, 0.2) is 0 Å². The van der Waals surface area contributed by atoms with Crippen LogP contribution in [0.25, 0.3) is 0 Å². The molecule has 2 N–H and O–H groups in total. The average molecular weight is 426 g/mol. The van der Waals surface area contributed by atoms with Crippen molar-refractivity contribution in [1.82, 2.24) is 15.5 Å². The highest BCUT2D eigenvalue weighted by Crippen LogP contribution is 2.26. The lowest BCUT2D eigenvalue weighted by Crippen LogP contribution is -2.56. The van der Waals surface area contributed by atoms with Crippen LogP contribution in [-0.4, -0.2) is 50.1 Å². The maximum absolute atomic E-state index is 12.6. The van der Waals surface area contributed by atoms with Gasteiger partial charge in [0.2, 0.25) is 11.8 Å². The van der Waals surface area contributed by atoms with E-state index in [0.717, 1.165) is 33.8 Å². The van der Waals surface area contributed by atoms with Crippen LogP contribution in [0.2, 0.25) is 0 Å². The number of hydrogen-bond acceptors (Lipinski definition) is 5. The minimum Gasteiger partial charge on any atom is -0.497 e. The summed E-state index contributed by atoms with van der Waals surface area (Å²) in [6.45, 7) is 6.37. The van der Waals surface area contributed by atoms with Crippen molar-refractivity contribution >= 4 is 11.8 Å². The zero-order valence-corrected chi connectivity index (χ0v) is 18.7. The molecule has 1 heterocycles. The highest BCUT2D eigenvalue weighted by molar-refractivity contribution is 5.88. The first kappa shape index (κ1) is 22.6. The molecule has 2 amide bonds. The molecule has 166 valence electrons. The summed E-state index contributed by atoms with van der Waals surface area (Å²) < 4.78 is 10.6.